The van der Waals surface area contributed by atoms with Crippen LogP contribution in [0.5, 0.6) is 5.75 Å². The molecule has 0 aliphatic heterocycles. The molecule has 2 nitrogen and oxygen atoms in total. The number of benzene rings is 1. The van der Waals surface area contributed by atoms with Crippen LogP contribution < -0.4 is 10.5 Å². The Balaban J connectivity index is 2.47. The minimum absolute atomic E-state index is 0.757. The minimum Gasteiger partial charge on any atom is -0.491 e. The fourth-order valence-corrected chi connectivity index (χ4v) is 1.89. The zero-order chi connectivity index (χ0) is 12.0. The van der Waals surface area contributed by atoms with Gasteiger partial charge in [-0.15, -0.1) is 0 Å². The molecule has 16 heavy (non-hydrogen) atoms. The van der Waals surface area contributed by atoms with Crippen LogP contribution in [0.4, 0.5) is 5.69 Å². The number of hydrogen-bond acceptors (Lipinski definition) is 2. The van der Waals surface area contributed by atoms with Crippen molar-refractivity contribution in [2.45, 2.75) is 46.5 Å². The maximum Gasteiger partial charge on any atom is 0.145 e. The van der Waals surface area contributed by atoms with Crippen LogP contribution >= 0.6 is 0 Å². The molecule has 2 heteroatoms. The van der Waals surface area contributed by atoms with Gasteiger partial charge in [-0.25, -0.2) is 0 Å². The summed E-state index contributed by atoms with van der Waals surface area (Å²) in [4.78, 5) is 0. The summed E-state index contributed by atoms with van der Waals surface area (Å²) in [6.45, 7) is 7.08. The molecule has 0 aromatic heterocycles. The molecule has 0 bridgehead atoms. The minimum atomic E-state index is 0.757. The van der Waals surface area contributed by atoms with Gasteiger partial charge in [-0.2, -0.15) is 0 Å². The van der Waals surface area contributed by atoms with Gasteiger partial charge in [0.2, 0.25) is 0 Å². The van der Waals surface area contributed by atoms with Crippen molar-refractivity contribution in [3.63, 3.8) is 0 Å². The number of hydrogen-bond donors (Lipinski definition) is 1. The second-order valence-corrected chi connectivity index (χ2v) is 4.41. The van der Waals surface area contributed by atoms with Gasteiger partial charge >= 0.3 is 0 Å². The van der Waals surface area contributed by atoms with Crippen LogP contribution in [-0.2, 0) is 0 Å². The second kappa shape index (κ2) is 6.41. The topological polar surface area (TPSA) is 35.2 Å². The van der Waals surface area contributed by atoms with E-state index in [4.69, 9.17) is 10.5 Å². The van der Waals surface area contributed by atoms with Crippen molar-refractivity contribution in [3.05, 3.63) is 23.3 Å². The zero-order valence-corrected chi connectivity index (χ0v) is 10.7. The van der Waals surface area contributed by atoms with E-state index in [2.05, 4.69) is 13.0 Å². The van der Waals surface area contributed by atoms with Gasteiger partial charge in [0.25, 0.3) is 0 Å². The Hall–Kier alpha value is -1.18. The summed E-state index contributed by atoms with van der Waals surface area (Å²) in [6.07, 6.45) is 4.89. The van der Waals surface area contributed by atoms with Gasteiger partial charge in [0.1, 0.15) is 5.75 Å². The van der Waals surface area contributed by atoms with E-state index in [9.17, 15) is 0 Å². The smallest absolute Gasteiger partial charge is 0.145 e. The summed E-state index contributed by atoms with van der Waals surface area (Å²) < 4.78 is 5.74. The van der Waals surface area contributed by atoms with Crippen LogP contribution in [0.15, 0.2) is 12.1 Å². The van der Waals surface area contributed by atoms with Gasteiger partial charge in [-0.3, -0.25) is 0 Å². The summed E-state index contributed by atoms with van der Waals surface area (Å²) in [5, 5.41) is 0. The van der Waals surface area contributed by atoms with Crippen LogP contribution in [0.25, 0.3) is 0 Å². The van der Waals surface area contributed by atoms with Crippen LogP contribution in [0.3, 0.4) is 0 Å². The summed E-state index contributed by atoms with van der Waals surface area (Å²) in [7, 11) is 0. The molecule has 1 aromatic rings. The van der Waals surface area contributed by atoms with Crippen molar-refractivity contribution in [2.75, 3.05) is 12.3 Å². The standard InChI is InChI=1S/C14H23NO/c1-4-5-6-7-8-16-14-12(3)9-11(2)10-13(14)15/h9-10H,4-8,15H2,1-3H3. The van der Waals surface area contributed by atoms with E-state index in [0.717, 1.165) is 30.0 Å². The first-order valence-corrected chi connectivity index (χ1v) is 6.14. The first-order chi connectivity index (χ1) is 7.65. The molecule has 0 unspecified atom stereocenters. The highest BCUT2D eigenvalue weighted by molar-refractivity contribution is 5.58. The zero-order valence-electron chi connectivity index (χ0n) is 10.7. The Morgan fingerprint density at radius 3 is 2.50 bits per heavy atom. The van der Waals surface area contributed by atoms with Gasteiger partial charge in [0, 0.05) is 0 Å². The van der Waals surface area contributed by atoms with E-state index in [0.29, 0.717) is 0 Å². The molecule has 1 rings (SSSR count). The quantitative estimate of drug-likeness (QED) is 0.585. The molecule has 0 heterocycles. The maximum atomic E-state index is 5.94. The third kappa shape index (κ3) is 3.76. The Morgan fingerprint density at radius 1 is 1.12 bits per heavy atom. The Kier molecular flexibility index (Phi) is 5.17. The molecule has 0 atom stereocenters. The van der Waals surface area contributed by atoms with Gasteiger partial charge < -0.3 is 10.5 Å². The molecule has 0 aliphatic rings. The summed E-state index contributed by atoms with van der Waals surface area (Å²) >= 11 is 0. The first-order valence-electron chi connectivity index (χ1n) is 6.14. The Labute approximate surface area is 98.8 Å². The third-order valence-electron chi connectivity index (χ3n) is 2.69. The van der Waals surface area contributed by atoms with Gasteiger partial charge in [-0.05, 0) is 37.5 Å². The normalized spacial score (nSPS) is 10.4. The van der Waals surface area contributed by atoms with Crippen molar-refractivity contribution < 1.29 is 4.74 Å². The van der Waals surface area contributed by atoms with Crippen molar-refractivity contribution in [3.8, 4) is 5.75 Å². The van der Waals surface area contributed by atoms with Crippen LogP contribution in [0.2, 0.25) is 0 Å². The van der Waals surface area contributed by atoms with Crippen LogP contribution in [-0.4, -0.2) is 6.61 Å². The van der Waals surface area contributed by atoms with Gasteiger partial charge in [0.15, 0.2) is 0 Å². The van der Waals surface area contributed by atoms with Gasteiger partial charge in [-0.1, -0.05) is 32.3 Å². The van der Waals surface area contributed by atoms with Crippen molar-refractivity contribution in [2.24, 2.45) is 0 Å². The summed E-state index contributed by atoms with van der Waals surface area (Å²) in [5.41, 5.74) is 9.02. The number of nitrogens with two attached hydrogens (primary N) is 1. The highest BCUT2D eigenvalue weighted by Gasteiger charge is 2.05. The Morgan fingerprint density at radius 2 is 1.88 bits per heavy atom. The fraction of sp³-hybridized carbons (Fsp3) is 0.571. The summed E-state index contributed by atoms with van der Waals surface area (Å²) in [5.74, 6) is 0.863. The highest BCUT2D eigenvalue weighted by Crippen LogP contribution is 2.27. The van der Waals surface area contributed by atoms with E-state index < -0.39 is 0 Å². The lowest BCUT2D eigenvalue weighted by Crippen LogP contribution is -2.02. The molecule has 0 saturated carbocycles. The van der Waals surface area contributed by atoms with E-state index in [1.54, 1.807) is 0 Å². The molecule has 2 N–H and O–H groups in total. The number of anilines is 1. The average molecular weight is 221 g/mol. The highest BCUT2D eigenvalue weighted by atomic mass is 16.5. The van der Waals surface area contributed by atoms with E-state index in [1.807, 2.05) is 19.9 Å². The molecule has 90 valence electrons. The molecule has 0 radical (unpaired) electrons. The SMILES string of the molecule is CCCCCCOc1c(C)cc(C)cc1N. The molecule has 0 amide bonds. The van der Waals surface area contributed by atoms with Crippen LogP contribution in [0, 0.1) is 13.8 Å². The number of ether oxygens (including phenoxy) is 1. The van der Waals surface area contributed by atoms with E-state index in [-0.39, 0.29) is 0 Å². The van der Waals surface area contributed by atoms with E-state index in [1.165, 1.54) is 24.8 Å². The van der Waals surface area contributed by atoms with Crippen molar-refractivity contribution in [1.29, 1.82) is 0 Å². The predicted octanol–water partition coefficient (Wildman–Crippen LogP) is 3.84. The number of nitrogen functional groups attached to an aromatic ring is 1. The predicted molar refractivity (Wildman–Crippen MR) is 70.0 cm³/mol. The lowest BCUT2D eigenvalue weighted by Gasteiger charge is -2.12. The lowest BCUT2D eigenvalue weighted by atomic mass is 10.1. The monoisotopic (exact) mass is 221 g/mol. The second-order valence-electron chi connectivity index (χ2n) is 4.41. The van der Waals surface area contributed by atoms with Crippen LogP contribution in [0.1, 0.15) is 43.7 Å². The molecule has 0 fully saturated rings. The average Bonchev–Trinajstić information content (AvgIpc) is 2.20. The van der Waals surface area contributed by atoms with Crippen molar-refractivity contribution >= 4 is 5.69 Å². The fourth-order valence-electron chi connectivity index (χ4n) is 1.89. The molecular weight excluding hydrogens is 198 g/mol. The number of rotatable bonds is 6. The Bertz CT molecular complexity index is 311. The van der Waals surface area contributed by atoms with Crippen molar-refractivity contribution in [1.82, 2.24) is 0 Å². The number of aryl methyl sites for hydroxylation is 2. The molecule has 1 aromatic carbocycles. The molecular formula is C14H23NO. The van der Waals surface area contributed by atoms with E-state index >= 15 is 0 Å². The lowest BCUT2D eigenvalue weighted by molar-refractivity contribution is 0.304. The third-order valence-corrected chi connectivity index (χ3v) is 2.69. The molecule has 0 spiro atoms. The van der Waals surface area contributed by atoms with Gasteiger partial charge in [0.05, 0.1) is 12.3 Å². The number of unbranched alkanes of at least 4 members (excludes halogenated alkanes) is 3. The first kappa shape index (κ1) is 12.9. The summed E-state index contributed by atoms with van der Waals surface area (Å²) in [6, 6.07) is 4.08. The molecule has 0 saturated heterocycles. The largest absolute Gasteiger partial charge is 0.491 e. The molecule has 0 aliphatic carbocycles. The maximum absolute atomic E-state index is 5.94.